The van der Waals surface area contributed by atoms with E-state index >= 15 is 0 Å². The number of benzene rings is 1. The summed E-state index contributed by atoms with van der Waals surface area (Å²) in [6.07, 6.45) is 3.95. The van der Waals surface area contributed by atoms with Crippen molar-refractivity contribution in [3.63, 3.8) is 0 Å². The second-order valence-corrected chi connectivity index (χ2v) is 6.66. The molecule has 2 aromatic rings. The Hall–Kier alpha value is -1.74. The van der Waals surface area contributed by atoms with Gasteiger partial charge in [-0.3, -0.25) is 0 Å². The van der Waals surface area contributed by atoms with Crippen LogP contribution in [0.4, 0.5) is 0 Å². The first-order chi connectivity index (χ1) is 10.6. The molecule has 22 heavy (non-hydrogen) atoms. The predicted molar refractivity (Wildman–Crippen MR) is 89.1 cm³/mol. The molecule has 1 aromatic heterocycles. The minimum Gasteiger partial charge on any atom is -0.493 e. The molecule has 3 heteroatoms. The zero-order valence-electron chi connectivity index (χ0n) is 14.0. The molecular weight excluding hydrogens is 274 g/mol. The van der Waals surface area contributed by atoms with Crippen molar-refractivity contribution >= 4 is 0 Å². The number of para-hydroxylation sites is 1. The fraction of sp³-hybridized carbons (Fsp3) is 0.474. The van der Waals surface area contributed by atoms with Gasteiger partial charge in [0.2, 0.25) is 0 Å². The molecule has 0 aliphatic heterocycles. The maximum atomic E-state index is 5.98. The van der Waals surface area contributed by atoms with Gasteiger partial charge in [0.1, 0.15) is 12.3 Å². The van der Waals surface area contributed by atoms with Crippen LogP contribution in [0.1, 0.15) is 44.9 Å². The molecule has 0 bridgehead atoms. The van der Waals surface area contributed by atoms with Gasteiger partial charge in [-0.05, 0) is 42.0 Å². The Morgan fingerprint density at radius 3 is 2.59 bits per heavy atom. The van der Waals surface area contributed by atoms with E-state index in [1.54, 1.807) is 6.26 Å². The van der Waals surface area contributed by atoms with Crippen LogP contribution in [0.2, 0.25) is 0 Å². The fourth-order valence-electron chi connectivity index (χ4n) is 2.46. The highest BCUT2D eigenvalue weighted by Crippen LogP contribution is 2.30. The van der Waals surface area contributed by atoms with E-state index < -0.39 is 0 Å². The molecule has 0 saturated heterocycles. The van der Waals surface area contributed by atoms with Crippen LogP contribution in [0.15, 0.2) is 47.1 Å². The van der Waals surface area contributed by atoms with Gasteiger partial charge in [-0.25, -0.2) is 0 Å². The lowest BCUT2D eigenvalue weighted by Gasteiger charge is -2.22. The second-order valence-electron chi connectivity index (χ2n) is 6.66. The fourth-order valence-corrected chi connectivity index (χ4v) is 2.46. The van der Waals surface area contributed by atoms with Crippen LogP contribution in [0.25, 0.3) is 0 Å². The number of furan rings is 1. The standard InChI is InChI=1S/C19H27NO2/c1-19(2,3)17-10-4-5-11-18(17)22-13-7-6-12-20-15-16-9-8-14-21-16/h4-5,8-11,14,20H,6-7,12-13,15H2,1-3H3/p+1. The summed E-state index contributed by atoms with van der Waals surface area (Å²) in [5.41, 5.74) is 1.40. The largest absolute Gasteiger partial charge is 0.493 e. The van der Waals surface area contributed by atoms with Gasteiger partial charge in [-0.2, -0.15) is 0 Å². The van der Waals surface area contributed by atoms with Crippen molar-refractivity contribution in [1.82, 2.24) is 0 Å². The van der Waals surface area contributed by atoms with Gasteiger partial charge in [0.25, 0.3) is 0 Å². The third-order valence-electron chi connectivity index (χ3n) is 3.68. The van der Waals surface area contributed by atoms with Crippen molar-refractivity contribution < 1.29 is 14.5 Å². The predicted octanol–water partition coefficient (Wildman–Crippen LogP) is 3.50. The van der Waals surface area contributed by atoms with E-state index in [0.717, 1.165) is 44.0 Å². The Labute approximate surface area is 133 Å². The molecule has 3 nitrogen and oxygen atoms in total. The Bertz CT molecular complexity index is 541. The van der Waals surface area contributed by atoms with Gasteiger partial charge in [-0.1, -0.05) is 39.0 Å². The molecule has 1 aromatic carbocycles. The molecule has 1 heterocycles. The Morgan fingerprint density at radius 1 is 1.05 bits per heavy atom. The monoisotopic (exact) mass is 302 g/mol. The summed E-state index contributed by atoms with van der Waals surface area (Å²) in [7, 11) is 0. The van der Waals surface area contributed by atoms with Gasteiger partial charge in [-0.15, -0.1) is 0 Å². The molecule has 120 valence electrons. The topological polar surface area (TPSA) is 39.0 Å². The minimum absolute atomic E-state index is 0.118. The molecule has 0 atom stereocenters. The molecule has 2 N–H and O–H groups in total. The first kappa shape index (κ1) is 16.6. The number of unbranched alkanes of at least 4 members (excludes halogenated alkanes) is 1. The van der Waals surface area contributed by atoms with Crippen LogP contribution in [0.5, 0.6) is 5.75 Å². The van der Waals surface area contributed by atoms with E-state index in [9.17, 15) is 0 Å². The zero-order valence-corrected chi connectivity index (χ0v) is 14.0. The third-order valence-corrected chi connectivity index (χ3v) is 3.68. The lowest BCUT2D eigenvalue weighted by atomic mass is 9.86. The van der Waals surface area contributed by atoms with Crippen LogP contribution in [-0.2, 0) is 12.0 Å². The molecule has 2 rings (SSSR count). The Balaban J connectivity index is 1.65. The van der Waals surface area contributed by atoms with Crippen LogP contribution in [0, 0.1) is 0 Å². The van der Waals surface area contributed by atoms with E-state index in [0.29, 0.717) is 0 Å². The summed E-state index contributed by atoms with van der Waals surface area (Å²) in [5, 5.41) is 2.28. The lowest BCUT2D eigenvalue weighted by Crippen LogP contribution is -2.82. The number of hydrogen-bond donors (Lipinski definition) is 1. The van der Waals surface area contributed by atoms with Gasteiger partial charge in [0.15, 0.2) is 5.76 Å². The van der Waals surface area contributed by atoms with E-state index in [1.807, 2.05) is 18.2 Å². The summed E-state index contributed by atoms with van der Waals surface area (Å²) in [6.45, 7) is 9.46. The van der Waals surface area contributed by atoms with E-state index in [2.05, 4.69) is 44.3 Å². The maximum Gasteiger partial charge on any atom is 0.157 e. The van der Waals surface area contributed by atoms with E-state index in [4.69, 9.17) is 9.15 Å². The van der Waals surface area contributed by atoms with Crippen molar-refractivity contribution in [3.05, 3.63) is 54.0 Å². The molecule has 0 spiro atoms. The molecule has 0 radical (unpaired) electrons. The van der Waals surface area contributed by atoms with Crippen molar-refractivity contribution in [1.29, 1.82) is 0 Å². The second kappa shape index (κ2) is 8.04. The van der Waals surface area contributed by atoms with Crippen LogP contribution < -0.4 is 10.1 Å². The zero-order chi connectivity index (χ0) is 15.8. The molecule has 0 fully saturated rings. The molecule has 0 aliphatic rings. The number of ether oxygens (including phenoxy) is 1. The Kier molecular flexibility index (Phi) is 6.08. The van der Waals surface area contributed by atoms with Crippen LogP contribution >= 0.6 is 0 Å². The molecular formula is C19H28NO2+. The summed E-state index contributed by atoms with van der Waals surface area (Å²) in [5.74, 6) is 2.06. The molecule has 0 aliphatic carbocycles. The maximum absolute atomic E-state index is 5.98. The lowest BCUT2D eigenvalue weighted by molar-refractivity contribution is -0.672. The van der Waals surface area contributed by atoms with Crippen LogP contribution in [-0.4, -0.2) is 13.2 Å². The van der Waals surface area contributed by atoms with E-state index in [-0.39, 0.29) is 5.41 Å². The van der Waals surface area contributed by atoms with E-state index in [1.165, 1.54) is 5.56 Å². The Morgan fingerprint density at radius 2 is 1.86 bits per heavy atom. The third kappa shape index (κ3) is 5.23. The number of quaternary nitrogens is 1. The van der Waals surface area contributed by atoms with Gasteiger partial charge < -0.3 is 14.5 Å². The first-order valence-corrected chi connectivity index (χ1v) is 8.14. The van der Waals surface area contributed by atoms with Crippen LogP contribution in [0.3, 0.4) is 0 Å². The highest BCUT2D eigenvalue weighted by molar-refractivity contribution is 5.38. The first-order valence-electron chi connectivity index (χ1n) is 8.14. The number of rotatable bonds is 8. The summed E-state index contributed by atoms with van der Waals surface area (Å²) >= 11 is 0. The molecule has 0 unspecified atom stereocenters. The highest BCUT2D eigenvalue weighted by Gasteiger charge is 2.18. The molecule has 0 saturated carbocycles. The summed E-state index contributed by atoms with van der Waals surface area (Å²) < 4.78 is 11.3. The average Bonchev–Trinajstić information content (AvgIpc) is 2.99. The highest BCUT2D eigenvalue weighted by atomic mass is 16.5. The van der Waals surface area contributed by atoms with Crippen molar-refractivity contribution in [2.75, 3.05) is 13.2 Å². The van der Waals surface area contributed by atoms with Gasteiger partial charge in [0.05, 0.1) is 19.4 Å². The summed E-state index contributed by atoms with van der Waals surface area (Å²) in [6, 6.07) is 12.3. The molecule has 0 amide bonds. The van der Waals surface area contributed by atoms with Gasteiger partial charge in [0, 0.05) is 0 Å². The smallest absolute Gasteiger partial charge is 0.157 e. The number of nitrogens with two attached hydrogens (primary N) is 1. The van der Waals surface area contributed by atoms with Gasteiger partial charge >= 0.3 is 0 Å². The SMILES string of the molecule is CC(C)(C)c1ccccc1OCCCC[NH2+]Cc1ccco1. The minimum atomic E-state index is 0.118. The van der Waals surface area contributed by atoms with Crippen molar-refractivity contribution in [2.45, 2.75) is 45.6 Å². The normalized spacial score (nSPS) is 11.6. The average molecular weight is 302 g/mol. The summed E-state index contributed by atoms with van der Waals surface area (Å²) in [4.78, 5) is 0. The van der Waals surface area contributed by atoms with Crippen molar-refractivity contribution in [3.8, 4) is 5.75 Å². The quantitative estimate of drug-likeness (QED) is 0.758. The van der Waals surface area contributed by atoms with Crippen molar-refractivity contribution in [2.24, 2.45) is 0 Å². The number of hydrogen-bond acceptors (Lipinski definition) is 2.